The van der Waals surface area contributed by atoms with Crippen LogP contribution in [0.25, 0.3) is 0 Å². The summed E-state index contributed by atoms with van der Waals surface area (Å²) in [5.41, 5.74) is -3.92. The number of alkyl halides is 5. The molecular weight excluding hydrogens is 289 g/mol. The number of nitrogens with zero attached hydrogens (tertiary/aromatic N) is 1. The van der Waals surface area contributed by atoms with Crippen LogP contribution in [0, 0.1) is 0 Å². The lowest BCUT2D eigenvalue weighted by Crippen LogP contribution is -2.19. The van der Waals surface area contributed by atoms with Gasteiger partial charge < -0.3 is 9.47 Å². The monoisotopic (exact) mass is 299 g/mol. The topological polar surface area (TPSA) is 48.4 Å². The minimum atomic E-state index is -5.10. The van der Waals surface area contributed by atoms with Crippen molar-refractivity contribution in [2.24, 2.45) is 0 Å². The van der Waals surface area contributed by atoms with Gasteiger partial charge in [0.1, 0.15) is 17.0 Å². The number of ether oxygens (including phenoxy) is 2. The fourth-order valence-electron chi connectivity index (χ4n) is 1.42. The first-order valence-corrected chi connectivity index (χ1v) is 5.33. The van der Waals surface area contributed by atoms with Crippen molar-refractivity contribution in [2.45, 2.75) is 19.5 Å². The number of aromatic nitrogens is 1. The van der Waals surface area contributed by atoms with E-state index in [1.54, 1.807) is 0 Å². The van der Waals surface area contributed by atoms with Gasteiger partial charge in [-0.15, -0.1) is 0 Å². The minimum Gasteiger partial charge on any atom is -0.496 e. The first-order chi connectivity index (χ1) is 9.22. The van der Waals surface area contributed by atoms with Crippen molar-refractivity contribution in [1.29, 1.82) is 0 Å². The van der Waals surface area contributed by atoms with E-state index < -0.39 is 41.3 Å². The summed E-state index contributed by atoms with van der Waals surface area (Å²) < 4.78 is 72.6. The Hall–Kier alpha value is -1.93. The van der Waals surface area contributed by atoms with Crippen LogP contribution in [0.2, 0.25) is 0 Å². The van der Waals surface area contributed by atoms with Crippen LogP contribution in [-0.2, 0) is 10.9 Å². The molecule has 0 atom stereocenters. The fourth-order valence-corrected chi connectivity index (χ4v) is 1.42. The predicted molar refractivity (Wildman–Crippen MR) is 56.7 cm³/mol. The predicted octanol–water partition coefficient (Wildman–Crippen LogP) is 3.22. The number of carbonyl (C=O) groups excluding carboxylic acids is 1. The molecule has 0 saturated carbocycles. The summed E-state index contributed by atoms with van der Waals surface area (Å²) in [6.45, 7) is 1.20. The normalized spacial score (nSPS) is 11.6. The van der Waals surface area contributed by atoms with Crippen molar-refractivity contribution in [3.8, 4) is 5.75 Å². The molecule has 9 heteroatoms. The molecule has 0 aliphatic rings. The summed E-state index contributed by atoms with van der Waals surface area (Å²) in [7, 11) is 0.952. The number of hydrogen-bond donors (Lipinski definition) is 0. The fraction of sp³-hybridized carbons (Fsp3) is 0.455. The van der Waals surface area contributed by atoms with Gasteiger partial charge in [0, 0.05) is 6.07 Å². The number of carbonyl (C=O) groups is 1. The van der Waals surface area contributed by atoms with Crippen LogP contribution < -0.4 is 4.74 Å². The van der Waals surface area contributed by atoms with Crippen LogP contribution in [0.3, 0.4) is 0 Å². The van der Waals surface area contributed by atoms with Crippen molar-refractivity contribution < 1.29 is 36.2 Å². The van der Waals surface area contributed by atoms with Crippen LogP contribution in [0.1, 0.15) is 35.1 Å². The Labute approximate surface area is 110 Å². The number of rotatable bonds is 4. The largest absolute Gasteiger partial charge is 0.496 e. The van der Waals surface area contributed by atoms with Crippen LogP contribution in [0.15, 0.2) is 6.07 Å². The Bertz CT molecular complexity index is 502. The Morgan fingerprint density at radius 1 is 1.40 bits per heavy atom. The Morgan fingerprint density at radius 3 is 2.40 bits per heavy atom. The van der Waals surface area contributed by atoms with Gasteiger partial charge in [0.05, 0.1) is 13.7 Å². The summed E-state index contributed by atoms with van der Waals surface area (Å²) in [6, 6.07) is 0.576. The van der Waals surface area contributed by atoms with E-state index in [1.165, 1.54) is 6.92 Å². The molecule has 4 nitrogen and oxygen atoms in total. The summed E-state index contributed by atoms with van der Waals surface area (Å²) >= 11 is 0. The van der Waals surface area contributed by atoms with Gasteiger partial charge in [0.2, 0.25) is 0 Å². The number of hydrogen-bond acceptors (Lipinski definition) is 4. The molecular formula is C11H10F5NO3. The van der Waals surface area contributed by atoms with Gasteiger partial charge in [-0.25, -0.2) is 18.6 Å². The van der Waals surface area contributed by atoms with Crippen molar-refractivity contribution >= 4 is 5.97 Å². The number of halogens is 5. The molecule has 0 radical (unpaired) electrons. The molecule has 0 aliphatic heterocycles. The highest BCUT2D eigenvalue weighted by Gasteiger charge is 2.41. The molecule has 1 heterocycles. The lowest BCUT2D eigenvalue weighted by Gasteiger charge is -2.15. The lowest BCUT2D eigenvalue weighted by molar-refractivity contribution is -0.142. The zero-order chi connectivity index (χ0) is 15.5. The molecule has 20 heavy (non-hydrogen) atoms. The molecule has 0 bridgehead atoms. The van der Waals surface area contributed by atoms with E-state index in [0.717, 1.165) is 7.11 Å². The van der Waals surface area contributed by atoms with Gasteiger partial charge in [-0.05, 0) is 6.92 Å². The smallest absolute Gasteiger partial charge is 0.434 e. The third-order valence-electron chi connectivity index (χ3n) is 2.19. The molecule has 0 saturated heterocycles. The summed E-state index contributed by atoms with van der Waals surface area (Å²) in [5, 5.41) is 0. The average Bonchev–Trinajstić information content (AvgIpc) is 2.36. The highest BCUT2D eigenvalue weighted by atomic mass is 19.4. The molecule has 0 amide bonds. The van der Waals surface area contributed by atoms with Gasteiger partial charge in [-0.2, -0.15) is 13.2 Å². The van der Waals surface area contributed by atoms with Crippen molar-refractivity contribution in [2.75, 3.05) is 13.7 Å². The van der Waals surface area contributed by atoms with E-state index in [9.17, 15) is 26.7 Å². The Balaban J connectivity index is 3.57. The molecule has 0 unspecified atom stereocenters. The summed E-state index contributed by atoms with van der Waals surface area (Å²) in [4.78, 5) is 14.3. The van der Waals surface area contributed by atoms with Gasteiger partial charge in [0.25, 0.3) is 6.43 Å². The van der Waals surface area contributed by atoms with Crippen molar-refractivity contribution in [3.05, 3.63) is 23.0 Å². The second-order valence-electron chi connectivity index (χ2n) is 3.49. The molecule has 1 rings (SSSR count). The van der Waals surface area contributed by atoms with Crippen molar-refractivity contribution in [3.63, 3.8) is 0 Å². The van der Waals surface area contributed by atoms with Crippen LogP contribution >= 0.6 is 0 Å². The number of pyridine rings is 1. The van der Waals surface area contributed by atoms with Gasteiger partial charge in [-0.1, -0.05) is 0 Å². The molecule has 0 aromatic carbocycles. The maximum atomic E-state index is 12.8. The SMILES string of the molecule is CCOC(=O)c1c(OC)cc(C(F)F)nc1C(F)(F)F. The molecule has 0 N–H and O–H groups in total. The molecule has 0 fully saturated rings. The van der Waals surface area contributed by atoms with Gasteiger partial charge >= 0.3 is 12.1 Å². The molecule has 1 aromatic heterocycles. The van der Waals surface area contributed by atoms with E-state index in [0.29, 0.717) is 6.07 Å². The van der Waals surface area contributed by atoms with Crippen LogP contribution in [0.4, 0.5) is 22.0 Å². The van der Waals surface area contributed by atoms with Crippen LogP contribution in [-0.4, -0.2) is 24.7 Å². The number of esters is 1. The highest BCUT2D eigenvalue weighted by Crippen LogP contribution is 2.37. The number of methoxy groups -OCH3 is 1. The molecule has 1 aromatic rings. The second kappa shape index (κ2) is 6.02. The molecule has 0 spiro atoms. The van der Waals surface area contributed by atoms with E-state index in [2.05, 4.69) is 14.5 Å². The first kappa shape index (κ1) is 16.1. The third kappa shape index (κ3) is 3.34. The summed E-state index contributed by atoms with van der Waals surface area (Å²) in [5.74, 6) is -2.01. The quantitative estimate of drug-likeness (QED) is 0.632. The maximum absolute atomic E-state index is 12.8. The average molecular weight is 299 g/mol. The van der Waals surface area contributed by atoms with E-state index in [4.69, 9.17) is 0 Å². The second-order valence-corrected chi connectivity index (χ2v) is 3.49. The summed E-state index contributed by atoms with van der Waals surface area (Å²) in [6.07, 6.45) is -8.33. The highest BCUT2D eigenvalue weighted by molar-refractivity contribution is 5.94. The Kier molecular flexibility index (Phi) is 4.85. The van der Waals surface area contributed by atoms with Crippen molar-refractivity contribution in [1.82, 2.24) is 4.98 Å². The minimum absolute atomic E-state index is 0.185. The van der Waals surface area contributed by atoms with Crippen LogP contribution in [0.5, 0.6) is 5.75 Å². The standard InChI is InChI=1S/C11H10F5NO3/c1-3-20-10(18)7-6(19-2)4-5(9(12)13)17-8(7)11(14,15)16/h4,9H,3H2,1-2H3. The van der Waals surface area contributed by atoms with E-state index in [-0.39, 0.29) is 6.61 Å². The lowest BCUT2D eigenvalue weighted by atomic mass is 10.1. The maximum Gasteiger partial charge on any atom is 0.434 e. The zero-order valence-corrected chi connectivity index (χ0v) is 10.4. The van der Waals surface area contributed by atoms with Gasteiger partial charge in [-0.3, -0.25) is 0 Å². The van der Waals surface area contributed by atoms with E-state index in [1.807, 2.05) is 0 Å². The molecule has 0 aliphatic carbocycles. The Morgan fingerprint density at radius 2 is 2.00 bits per heavy atom. The van der Waals surface area contributed by atoms with E-state index >= 15 is 0 Å². The first-order valence-electron chi connectivity index (χ1n) is 5.33. The zero-order valence-electron chi connectivity index (χ0n) is 10.4. The van der Waals surface area contributed by atoms with Gasteiger partial charge in [0.15, 0.2) is 5.69 Å². The molecule has 112 valence electrons. The third-order valence-corrected chi connectivity index (χ3v) is 2.19.